The van der Waals surface area contributed by atoms with Gasteiger partial charge in [-0.3, -0.25) is 0 Å². The lowest BCUT2D eigenvalue weighted by molar-refractivity contribution is 0.670. The van der Waals surface area contributed by atoms with Gasteiger partial charge in [-0.25, -0.2) is 0 Å². The number of benzene rings is 4. The molecule has 0 saturated carbocycles. The van der Waals surface area contributed by atoms with Gasteiger partial charge in [0.1, 0.15) is 19.0 Å². The highest BCUT2D eigenvalue weighted by Crippen LogP contribution is 2.51. The molecule has 0 amide bonds. The third-order valence-electron chi connectivity index (χ3n) is 5.11. The Morgan fingerprint density at radius 1 is 0.667 bits per heavy atom. The van der Waals surface area contributed by atoms with Gasteiger partial charge in [-0.05, 0) is 39.6 Å². The van der Waals surface area contributed by atoms with E-state index < -0.39 is 0 Å². The fraction of sp³-hybridized carbons (Fsp3) is 0. The van der Waals surface area contributed by atoms with Gasteiger partial charge in [-0.15, -0.1) is 0 Å². The van der Waals surface area contributed by atoms with Crippen LogP contribution < -0.4 is 5.46 Å². The van der Waals surface area contributed by atoms with E-state index in [-0.39, 0.29) is 0 Å². The molecule has 4 aromatic carbocycles. The lowest BCUT2D eigenvalue weighted by Crippen LogP contribution is -1.98. The predicted octanol–water partition coefficient (Wildman–Crippen LogP) is 5.18. The Morgan fingerprint density at radius 2 is 1.50 bits per heavy atom. The molecule has 1 aliphatic carbocycles. The van der Waals surface area contributed by atoms with Gasteiger partial charge in [-0.1, -0.05) is 60.1 Å². The summed E-state index contributed by atoms with van der Waals surface area (Å²) in [6.45, 7) is 0. The molecule has 0 bridgehead atoms. The van der Waals surface area contributed by atoms with E-state index in [9.17, 15) is 0 Å². The molecule has 1 heterocycles. The highest BCUT2D eigenvalue weighted by Gasteiger charge is 2.25. The Hall–Kier alpha value is -3.00. The predicted molar refractivity (Wildman–Crippen MR) is 101 cm³/mol. The van der Waals surface area contributed by atoms with Crippen LogP contribution in [0.2, 0.25) is 0 Å². The second kappa shape index (κ2) is 4.10. The summed E-state index contributed by atoms with van der Waals surface area (Å²) in [7, 11) is 5.94. The smallest absolute Gasteiger partial charge is 0.136 e. The number of furan rings is 1. The molecule has 0 saturated heterocycles. The van der Waals surface area contributed by atoms with Crippen LogP contribution in [0.4, 0.5) is 0 Å². The largest absolute Gasteiger partial charge is 0.456 e. The van der Waals surface area contributed by atoms with E-state index in [2.05, 4.69) is 54.6 Å². The van der Waals surface area contributed by atoms with Crippen molar-refractivity contribution in [2.24, 2.45) is 0 Å². The molecule has 0 unspecified atom stereocenters. The van der Waals surface area contributed by atoms with E-state index in [0.29, 0.717) is 0 Å². The summed E-state index contributed by atoms with van der Waals surface area (Å²) in [5, 5.41) is 4.86. The molecular formula is C22H11BO. The van der Waals surface area contributed by atoms with Gasteiger partial charge in [0, 0.05) is 16.3 Å². The third-order valence-corrected chi connectivity index (χ3v) is 5.11. The number of hydrogen-bond acceptors (Lipinski definition) is 1. The van der Waals surface area contributed by atoms with E-state index in [0.717, 1.165) is 22.0 Å². The molecule has 1 aromatic heterocycles. The highest BCUT2D eigenvalue weighted by molar-refractivity contribution is 6.34. The van der Waals surface area contributed by atoms with Gasteiger partial charge in [0.15, 0.2) is 0 Å². The molecule has 1 aliphatic rings. The van der Waals surface area contributed by atoms with Crippen LogP contribution in [0.25, 0.3) is 55.0 Å². The third kappa shape index (κ3) is 1.37. The normalized spacial score (nSPS) is 12.3. The molecular weight excluding hydrogens is 291 g/mol. The van der Waals surface area contributed by atoms with Gasteiger partial charge in [0.05, 0.1) is 0 Å². The molecule has 0 spiro atoms. The van der Waals surface area contributed by atoms with Crippen molar-refractivity contribution < 1.29 is 4.42 Å². The van der Waals surface area contributed by atoms with Crippen LogP contribution in [0, 0.1) is 0 Å². The quantitative estimate of drug-likeness (QED) is 0.352. The van der Waals surface area contributed by atoms with E-state index in [1.165, 1.54) is 38.4 Å². The van der Waals surface area contributed by atoms with Gasteiger partial charge >= 0.3 is 0 Å². The summed E-state index contributed by atoms with van der Waals surface area (Å²) >= 11 is 0. The molecule has 5 aromatic rings. The van der Waals surface area contributed by atoms with Crippen molar-refractivity contribution in [1.29, 1.82) is 0 Å². The molecule has 0 atom stereocenters. The van der Waals surface area contributed by atoms with Crippen molar-refractivity contribution in [2.75, 3.05) is 0 Å². The number of fused-ring (bicyclic) bond motifs is 7. The molecule has 0 aliphatic heterocycles. The maximum Gasteiger partial charge on any atom is 0.136 e. The number of hydrogen-bond donors (Lipinski definition) is 0. The van der Waals surface area contributed by atoms with Crippen LogP contribution in [-0.4, -0.2) is 7.85 Å². The summed E-state index contributed by atoms with van der Waals surface area (Å²) in [6.07, 6.45) is 0. The average Bonchev–Trinajstić information content (AvgIpc) is 3.12. The monoisotopic (exact) mass is 302 g/mol. The van der Waals surface area contributed by atoms with Crippen molar-refractivity contribution in [2.45, 2.75) is 0 Å². The van der Waals surface area contributed by atoms with E-state index in [1.54, 1.807) is 0 Å². The Bertz CT molecular complexity index is 1310. The minimum atomic E-state index is 0.726. The second-order valence-corrected chi connectivity index (χ2v) is 6.43. The topological polar surface area (TPSA) is 13.1 Å². The SMILES string of the molecule is [B]c1ccc2c(c1)oc1cc3cccc4c3c(c12)-c1ccccc1-4. The summed E-state index contributed by atoms with van der Waals surface area (Å²) in [5.74, 6) is 0. The lowest BCUT2D eigenvalue weighted by atomic mass is 9.93. The summed E-state index contributed by atoms with van der Waals surface area (Å²) < 4.78 is 6.14. The molecule has 2 radical (unpaired) electrons. The van der Waals surface area contributed by atoms with E-state index in [1.807, 2.05) is 12.1 Å². The van der Waals surface area contributed by atoms with Crippen LogP contribution in [0.1, 0.15) is 0 Å². The van der Waals surface area contributed by atoms with Gasteiger partial charge in [0.25, 0.3) is 0 Å². The second-order valence-electron chi connectivity index (χ2n) is 6.43. The van der Waals surface area contributed by atoms with Crippen LogP contribution in [0.3, 0.4) is 0 Å². The van der Waals surface area contributed by atoms with Crippen LogP contribution in [-0.2, 0) is 0 Å². The zero-order valence-electron chi connectivity index (χ0n) is 12.8. The van der Waals surface area contributed by atoms with E-state index >= 15 is 0 Å². The molecule has 24 heavy (non-hydrogen) atoms. The molecule has 6 rings (SSSR count). The van der Waals surface area contributed by atoms with Crippen molar-refractivity contribution in [3.8, 4) is 22.3 Å². The van der Waals surface area contributed by atoms with Crippen LogP contribution in [0.5, 0.6) is 0 Å². The van der Waals surface area contributed by atoms with Crippen molar-refractivity contribution in [3.63, 3.8) is 0 Å². The fourth-order valence-electron chi connectivity index (χ4n) is 4.16. The van der Waals surface area contributed by atoms with Crippen LogP contribution in [0.15, 0.2) is 71.1 Å². The van der Waals surface area contributed by atoms with Gasteiger partial charge in [-0.2, -0.15) is 0 Å². The Morgan fingerprint density at radius 3 is 2.42 bits per heavy atom. The summed E-state index contributed by atoms with van der Waals surface area (Å²) in [5.41, 5.74) is 7.68. The van der Waals surface area contributed by atoms with Gasteiger partial charge in [0.2, 0.25) is 0 Å². The average molecular weight is 302 g/mol. The highest BCUT2D eigenvalue weighted by atomic mass is 16.3. The van der Waals surface area contributed by atoms with Crippen molar-refractivity contribution in [1.82, 2.24) is 0 Å². The first-order valence-electron chi connectivity index (χ1n) is 8.08. The first kappa shape index (κ1) is 12.4. The molecule has 108 valence electrons. The van der Waals surface area contributed by atoms with Crippen molar-refractivity contribution >= 4 is 46.0 Å². The molecule has 0 N–H and O–H groups in total. The summed E-state index contributed by atoms with van der Waals surface area (Å²) in [6, 6.07) is 23.2. The Balaban J connectivity index is 1.96. The van der Waals surface area contributed by atoms with Crippen molar-refractivity contribution in [3.05, 3.63) is 66.7 Å². The van der Waals surface area contributed by atoms with Crippen LogP contribution >= 0.6 is 0 Å². The molecule has 1 nitrogen and oxygen atoms in total. The lowest BCUT2D eigenvalue weighted by Gasteiger charge is -2.04. The zero-order valence-corrected chi connectivity index (χ0v) is 12.8. The molecule has 0 fully saturated rings. The van der Waals surface area contributed by atoms with E-state index in [4.69, 9.17) is 12.3 Å². The number of rotatable bonds is 0. The first-order chi connectivity index (χ1) is 11.8. The zero-order chi connectivity index (χ0) is 15.8. The standard InChI is InChI=1S/C22H11BO/c23-13-8-9-17-18(11-13)24-19-10-12-4-3-7-15-14-5-1-2-6-16(14)22(20(12)15)21(17)19/h1-11H. The maximum absolute atomic E-state index is 6.14. The Labute approximate surface area is 139 Å². The Kier molecular flexibility index (Phi) is 2.12. The molecule has 2 heteroatoms. The maximum atomic E-state index is 6.14. The minimum absolute atomic E-state index is 0.726. The first-order valence-corrected chi connectivity index (χ1v) is 8.08. The fourth-order valence-corrected chi connectivity index (χ4v) is 4.16. The minimum Gasteiger partial charge on any atom is -0.456 e. The summed E-state index contributed by atoms with van der Waals surface area (Å²) in [4.78, 5) is 0. The van der Waals surface area contributed by atoms with Gasteiger partial charge < -0.3 is 4.42 Å².